The lowest BCUT2D eigenvalue weighted by molar-refractivity contribution is 0.600. The third-order valence-corrected chi connectivity index (χ3v) is 2.31. The van der Waals surface area contributed by atoms with Crippen LogP contribution in [0.3, 0.4) is 0 Å². The normalized spacial score (nSPS) is 10.5. The summed E-state index contributed by atoms with van der Waals surface area (Å²) in [4.78, 5) is 12.1. The smallest absolute Gasteiger partial charge is 0.224 e. The first-order chi connectivity index (χ1) is 8.22. The number of nitrogens with zero attached hydrogens (tertiary/aromatic N) is 4. The van der Waals surface area contributed by atoms with Crippen molar-refractivity contribution in [1.82, 2.24) is 19.5 Å². The Morgan fingerprint density at radius 1 is 1.41 bits per heavy atom. The molecule has 17 heavy (non-hydrogen) atoms. The van der Waals surface area contributed by atoms with Gasteiger partial charge in [-0.2, -0.15) is 4.98 Å². The second-order valence-corrected chi connectivity index (χ2v) is 3.64. The average molecular weight is 235 g/mol. The summed E-state index contributed by atoms with van der Waals surface area (Å²) in [6.45, 7) is 4.59. The largest absolute Gasteiger partial charge is 0.354 e. The van der Waals surface area contributed by atoms with E-state index in [0.717, 1.165) is 13.0 Å². The van der Waals surface area contributed by atoms with E-state index in [1.165, 1.54) is 6.20 Å². The lowest BCUT2D eigenvalue weighted by Gasteiger charge is -2.08. The molecule has 0 aromatic carbocycles. The molecule has 0 saturated heterocycles. The molecule has 2 rings (SSSR count). The summed E-state index contributed by atoms with van der Waals surface area (Å²) in [5.74, 6) is 0.863. The van der Waals surface area contributed by atoms with Gasteiger partial charge in [0.2, 0.25) is 5.95 Å². The molecule has 0 aliphatic heterocycles. The van der Waals surface area contributed by atoms with Gasteiger partial charge in [-0.3, -0.25) is 4.57 Å². The minimum atomic E-state index is -0.465. The Balaban J connectivity index is 2.36. The molecule has 0 spiro atoms. The summed E-state index contributed by atoms with van der Waals surface area (Å²) < 4.78 is 15.2. The van der Waals surface area contributed by atoms with Gasteiger partial charge in [-0.05, 0) is 13.3 Å². The molecule has 0 fully saturated rings. The highest BCUT2D eigenvalue weighted by Crippen LogP contribution is 2.13. The molecule has 2 aromatic rings. The van der Waals surface area contributed by atoms with Crippen LogP contribution in [-0.4, -0.2) is 26.1 Å². The molecular formula is C11H14FN5. The van der Waals surface area contributed by atoms with Gasteiger partial charge in [0.05, 0.1) is 6.20 Å². The minimum absolute atomic E-state index is 0.216. The van der Waals surface area contributed by atoms with E-state index in [2.05, 4.69) is 20.3 Å². The first kappa shape index (κ1) is 11.5. The van der Waals surface area contributed by atoms with Crippen molar-refractivity contribution in [3.63, 3.8) is 0 Å². The van der Waals surface area contributed by atoms with Crippen LogP contribution in [0, 0.1) is 12.7 Å². The van der Waals surface area contributed by atoms with E-state index < -0.39 is 5.82 Å². The molecule has 0 bridgehead atoms. The van der Waals surface area contributed by atoms with Gasteiger partial charge in [0.15, 0.2) is 11.6 Å². The summed E-state index contributed by atoms with van der Waals surface area (Å²) >= 11 is 0. The maximum atomic E-state index is 13.6. The standard InChI is InChI=1S/C11H14FN5/c1-3-4-14-11-15-7-9(12)10(16-11)17-6-5-13-8(17)2/h5-7H,3-4H2,1-2H3,(H,14,15,16). The molecular weight excluding hydrogens is 221 g/mol. The van der Waals surface area contributed by atoms with Crippen molar-refractivity contribution in [3.05, 3.63) is 30.2 Å². The second kappa shape index (κ2) is 4.90. The van der Waals surface area contributed by atoms with Crippen molar-refractivity contribution in [2.24, 2.45) is 0 Å². The van der Waals surface area contributed by atoms with Gasteiger partial charge in [0.25, 0.3) is 0 Å². The molecule has 90 valence electrons. The van der Waals surface area contributed by atoms with Crippen LogP contribution in [0.15, 0.2) is 18.6 Å². The SMILES string of the molecule is CCCNc1ncc(F)c(-n2ccnc2C)n1. The first-order valence-electron chi connectivity index (χ1n) is 5.49. The van der Waals surface area contributed by atoms with Crippen molar-refractivity contribution in [1.29, 1.82) is 0 Å². The number of anilines is 1. The summed E-state index contributed by atoms with van der Waals surface area (Å²) in [5.41, 5.74) is 0. The van der Waals surface area contributed by atoms with Crippen LogP contribution in [-0.2, 0) is 0 Å². The van der Waals surface area contributed by atoms with E-state index in [0.29, 0.717) is 11.8 Å². The van der Waals surface area contributed by atoms with Gasteiger partial charge in [-0.25, -0.2) is 14.4 Å². The summed E-state index contributed by atoms with van der Waals surface area (Å²) in [7, 11) is 0. The third kappa shape index (κ3) is 2.41. The van der Waals surface area contributed by atoms with Crippen molar-refractivity contribution in [2.45, 2.75) is 20.3 Å². The van der Waals surface area contributed by atoms with Crippen LogP contribution in [0.25, 0.3) is 5.82 Å². The van der Waals surface area contributed by atoms with Gasteiger partial charge in [-0.1, -0.05) is 6.92 Å². The Bertz CT molecular complexity index is 508. The molecule has 0 aliphatic carbocycles. The third-order valence-electron chi connectivity index (χ3n) is 2.31. The van der Waals surface area contributed by atoms with Crippen molar-refractivity contribution < 1.29 is 4.39 Å². The number of aryl methyl sites for hydroxylation is 1. The number of halogens is 1. The molecule has 0 aliphatic rings. The number of nitrogens with one attached hydrogen (secondary N) is 1. The molecule has 1 N–H and O–H groups in total. The average Bonchev–Trinajstić information content (AvgIpc) is 2.74. The number of aromatic nitrogens is 4. The molecule has 2 aromatic heterocycles. The fraction of sp³-hybridized carbons (Fsp3) is 0.364. The highest BCUT2D eigenvalue weighted by atomic mass is 19.1. The quantitative estimate of drug-likeness (QED) is 0.879. The Morgan fingerprint density at radius 3 is 2.88 bits per heavy atom. The fourth-order valence-corrected chi connectivity index (χ4v) is 1.45. The van der Waals surface area contributed by atoms with Crippen molar-refractivity contribution in [2.75, 3.05) is 11.9 Å². The van der Waals surface area contributed by atoms with Crippen LogP contribution >= 0.6 is 0 Å². The van der Waals surface area contributed by atoms with Crippen LogP contribution < -0.4 is 5.32 Å². The van der Waals surface area contributed by atoms with E-state index >= 15 is 0 Å². The Morgan fingerprint density at radius 2 is 2.24 bits per heavy atom. The molecule has 0 saturated carbocycles. The Labute approximate surface area is 98.7 Å². The van der Waals surface area contributed by atoms with Gasteiger partial charge < -0.3 is 5.32 Å². The van der Waals surface area contributed by atoms with Gasteiger partial charge in [-0.15, -0.1) is 0 Å². The van der Waals surface area contributed by atoms with E-state index in [1.54, 1.807) is 23.9 Å². The summed E-state index contributed by atoms with van der Waals surface area (Å²) in [6.07, 6.45) is 5.40. The molecule has 2 heterocycles. The number of hydrogen-bond donors (Lipinski definition) is 1. The van der Waals surface area contributed by atoms with Crippen LogP contribution in [0.5, 0.6) is 0 Å². The van der Waals surface area contributed by atoms with E-state index in [9.17, 15) is 4.39 Å². The van der Waals surface area contributed by atoms with Crippen molar-refractivity contribution in [3.8, 4) is 5.82 Å². The Hall–Kier alpha value is -1.98. The predicted molar refractivity (Wildman–Crippen MR) is 62.6 cm³/mol. The van der Waals surface area contributed by atoms with Crippen LogP contribution in [0.2, 0.25) is 0 Å². The number of imidazole rings is 1. The molecule has 6 heteroatoms. The van der Waals surface area contributed by atoms with Crippen LogP contribution in [0.1, 0.15) is 19.2 Å². The van der Waals surface area contributed by atoms with E-state index in [4.69, 9.17) is 0 Å². The number of rotatable bonds is 4. The summed E-state index contributed by atoms with van der Waals surface area (Å²) in [6, 6.07) is 0. The lowest BCUT2D eigenvalue weighted by atomic mass is 10.5. The highest BCUT2D eigenvalue weighted by molar-refractivity contribution is 5.33. The first-order valence-corrected chi connectivity index (χ1v) is 5.49. The minimum Gasteiger partial charge on any atom is -0.354 e. The fourth-order valence-electron chi connectivity index (χ4n) is 1.45. The van der Waals surface area contributed by atoms with Gasteiger partial charge in [0.1, 0.15) is 5.82 Å². The monoisotopic (exact) mass is 235 g/mol. The lowest BCUT2D eigenvalue weighted by Crippen LogP contribution is -2.09. The molecule has 0 amide bonds. The van der Waals surface area contributed by atoms with E-state index in [1.807, 2.05) is 6.92 Å². The molecule has 0 radical (unpaired) electrons. The van der Waals surface area contributed by atoms with Gasteiger partial charge >= 0.3 is 0 Å². The van der Waals surface area contributed by atoms with Crippen LogP contribution in [0.4, 0.5) is 10.3 Å². The molecule has 0 unspecified atom stereocenters. The van der Waals surface area contributed by atoms with Gasteiger partial charge in [0, 0.05) is 18.9 Å². The zero-order chi connectivity index (χ0) is 12.3. The summed E-state index contributed by atoms with van der Waals surface area (Å²) in [5, 5.41) is 3.02. The molecule has 0 atom stereocenters. The second-order valence-electron chi connectivity index (χ2n) is 3.64. The maximum Gasteiger partial charge on any atom is 0.224 e. The predicted octanol–water partition coefficient (Wildman–Crippen LogP) is 1.93. The zero-order valence-electron chi connectivity index (χ0n) is 9.81. The highest BCUT2D eigenvalue weighted by Gasteiger charge is 2.10. The number of hydrogen-bond acceptors (Lipinski definition) is 4. The van der Waals surface area contributed by atoms with E-state index in [-0.39, 0.29) is 5.82 Å². The topological polar surface area (TPSA) is 55.6 Å². The maximum absolute atomic E-state index is 13.6. The van der Waals surface area contributed by atoms with Crippen molar-refractivity contribution >= 4 is 5.95 Å². The zero-order valence-corrected chi connectivity index (χ0v) is 9.81. The molecule has 5 nitrogen and oxygen atoms in total. The Kier molecular flexibility index (Phi) is 3.32.